The molecule has 4 rings (SSSR count). The first-order valence-corrected chi connectivity index (χ1v) is 14.1. The van der Waals surface area contributed by atoms with Crippen molar-refractivity contribution < 1.29 is 4.74 Å². The molecule has 0 bridgehead atoms. The summed E-state index contributed by atoms with van der Waals surface area (Å²) in [6, 6.07) is 22.6. The Morgan fingerprint density at radius 3 is 2.34 bits per heavy atom. The molecule has 0 unspecified atom stereocenters. The van der Waals surface area contributed by atoms with Crippen LogP contribution in [0.1, 0.15) is 59.2 Å². The van der Waals surface area contributed by atoms with E-state index >= 15 is 0 Å². The number of para-hydroxylation sites is 1. The van der Waals surface area contributed by atoms with Crippen molar-refractivity contribution in [2.24, 2.45) is 0 Å². The summed E-state index contributed by atoms with van der Waals surface area (Å²) in [6.07, 6.45) is 2.78. The molecule has 0 radical (unpaired) electrons. The second kappa shape index (κ2) is 11.7. The summed E-state index contributed by atoms with van der Waals surface area (Å²) in [5.74, 6) is 1.35. The molecule has 5 nitrogen and oxygen atoms in total. The van der Waals surface area contributed by atoms with Crippen molar-refractivity contribution in [2.45, 2.75) is 58.8 Å². The van der Waals surface area contributed by atoms with E-state index in [-0.39, 0.29) is 10.8 Å². The van der Waals surface area contributed by atoms with Crippen LogP contribution in [0.5, 0.6) is 11.6 Å². The topological polar surface area (TPSA) is 50.3 Å². The molecule has 0 amide bonds. The number of ether oxygens (including phenoxy) is 1. The molecule has 0 saturated heterocycles. The Bertz CT molecular complexity index is 1340. The second-order valence-electron chi connectivity index (χ2n) is 11.4. The van der Waals surface area contributed by atoms with Gasteiger partial charge in [0, 0.05) is 17.2 Å². The van der Waals surface area contributed by atoms with Crippen molar-refractivity contribution >= 4 is 22.2 Å². The SMILES string of the molecule is CCN(C)CCC(C)(C)c1nc(Nc2cccnc2Oc2ccccc2C(C)(C)C)sc1-c1ccccc1. The monoisotopic (exact) mass is 528 g/mol. The van der Waals surface area contributed by atoms with Gasteiger partial charge in [-0.15, -0.1) is 0 Å². The first-order valence-electron chi connectivity index (χ1n) is 13.3. The molecule has 0 atom stereocenters. The Labute approximate surface area is 231 Å². The average molecular weight is 529 g/mol. The summed E-state index contributed by atoms with van der Waals surface area (Å²) < 4.78 is 6.40. The summed E-state index contributed by atoms with van der Waals surface area (Å²) in [5, 5.41) is 4.37. The highest BCUT2D eigenvalue weighted by Gasteiger charge is 2.29. The van der Waals surface area contributed by atoms with Crippen LogP contribution >= 0.6 is 11.3 Å². The third-order valence-corrected chi connectivity index (χ3v) is 7.90. The van der Waals surface area contributed by atoms with Gasteiger partial charge in [-0.3, -0.25) is 0 Å². The molecule has 0 saturated carbocycles. The fraction of sp³-hybridized carbons (Fsp3) is 0.375. The van der Waals surface area contributed by atoms with Gasteiger partial charge in [-0.1, -0.05) is 101 Å². The highest BCUT2D eigenvalue weighted by Crippen LogP contribution is 2.43. The van der Waals surface area contributed by atoms with Crippen molar-refractivity contribution in [3.63, 3.8) is 0 Å². The minimum absolute atomic E-state index is 0.0504. The summed E-state index contributed by atoms with van der Waals surface area (Å²) in [6.45, 7) is 15.4. The van der Waals surface area contributed by atoms with E-state index in [1.54, 1.807) is 17.5 Å². The fourth-order valence-electron chi connectivity index (χ4n) is 4.33. The minimum Gasteiger partial charge on any atom is -0.437 e. The molecule has 0 spiro atoms. The van der Waals surface area contributed by atoms with E-state index in [9.17, 15) is 0 Å². The van der Waals surface area contributed by atoms with Gasteiger partial charge in [0.25, 0.3) is 0 Å². The fourth-order valence-corrected chi connectivity index (χ4v) is 5.49. The van der Waals surface area contributed by atoms with Crippen LogP contribution in [0.3, 0.4) is 0 Å². The van der Waals surface area contributed by atoms with E-state index in [1.807, 2.05) is 30.3 Å². The van der Waals surface area contributed by atoms with Crippen molar-refractivity contribution in [1.82, 2.24) is 14.9 Å². The summed E-state index contributed by atoms with van der Waals surface area (Å²) in [4.78, 5) is 13.3. The number of aromatic nitrogens is 2. The van der Waals surface area contributed by atoms with Gasteiger partial charge in [-0.25, -0.2) is 9.97 Å². The predicted octanol–water partition coefficient (Wildman–Crippen LogP) is 8.66. The largest absolute Gasteiger partial charge is 0.437 e. The van der Waals surface area contributed by atoms with E-state index in [1.165, 1.54) is 10.4 Å². The summed E-state index contributed by atoms with van der Waals surface area (Å²) in [7, 11) is 2.17. The number of anilines is 2. The van der Waals surface area contributed by atoms with E-state index in [0.29, 0.717) is 5.88 Å². The molecule has 2 aromatic heterocycles. The number of nitrogens with zero attached hydrogens (tertiary/aromatic N) is 3. The highest BCUT2D eigenvalue weighted by molar-refractivity contribution is 7.19. The van der Waals surface area contributed by atoms with E-state index in [2.05, 4.69) is 100 Å². The molecule has 1 N–H and O–H groups in total. The molecular formula is C32H40N4OS. The van der Waals surface area contributed by atoms with Gasteiger partial charge in [0.15, 0.2) is 5.13 Å². The van der Waals surface area contributed by atoms with Gasteiger partial charge >= 0.3 is 0 Å². The second-order valence-corrected chi connectivity index (χ2v) is 12.4. The lowest BCUT2D eigenvalue weighted by molar-refractivity contribution is 0.305. The summed E-state index contributed by atoms with van der Waals surface area (Å²) in [5.41, 5.74) is 4.09. The highest BCUT2D eigenvalue weighted by atomic mass is 32.1. The molecule has 0 aliphatic rings. The third kappa shape index (κ3) is 6.61. The Morgan fingerprint density at radius 2 is 1.63 bits per heavy atom. The van der Waals surface area contributed by atoms with Crippen molar-refractivity contribution in [2.75, 3.05) is 25.5 Å². The number of thiazole rings is 1. The van der Waals surface area contributed by atoms with Crippen LogP contribution in [0.2, 0.25) is 0 Å². The lowest BCUT2D eigenvalue weighted by Gasteiger charge is -2.27. The molecule has 2 aromatic carbocycles. The van der Waals surface area contributed by atoms with Crippen LogP contribution in [0.4, 0.5) is 10.8 Å². The standard InChI is InChI=1S/C32H40N4OS/c1-8-36(7)22-20-32(5,6)28-27(23-15-10-9-11-16-23)38-30(35-28)34-25-18-14-21-33-29(25)37-26-19-13-12-17-24(26)31(2,3)4/h9-19,21H,8,20,22H2,1-7H3,(H,34,35). The van der Waals surface area contributed by atoms with E-state index < -0.39 is 0 Å². The predicted molar refractivity (Wildman–Crippen MR) is 161 cm³/mol. The number of hydrogen-bond acceptors (Lipinski definition) is 6. The molecule has 38 heavy (non-hydrogen) atoms. The lowest BCUT2D eigenvalue weighted by atomic mass is 9.84. The van der Waals surface area contributed by atoms with Crippen molar-refractivity contribution in [3.8, 4) is 22.1 Å². The van der Waals surface area contributed by atoms with Gasteiger partial charge < -0.3 is 15.0 Å². The van der Waals surface area contributed by atoms with Crippen molar-refractivity contribution in [3.05, 3.63) is 84.2 Å². The zero-order valence-electron chi connectivity index (χ0n) is 23.7. The molecular weight excluding hydrogens is 488 g/mol. The number of rotatable bonds is 10. The van der Waals surface area contributed by atoms with Crippen LogP contribution < -0.4 is 10.1 Å². The average Bonchev–Trinajstić information content (AvgIpc) is 3.33. The molecule has 0 aliphatic heterocycles. The van der Waals surface area contributed by atoms with Gasteiger partial charge in [0.1, 0.15) is 11.4 Å². The van der Waals surface area contributed by atoms with Crippen LogP contribution in [0.15, 0.2) is 72.9 Å². The van der Waals surface area contributed by atoms with Crippen molar-refractivity contribution in [1.29, 1.82) is 0 Å². The number of nitrogens with one attached hydrogen (secondary N) is 1. The molecule has 0 fully saturated rings. The summed E-state index contributed by atoms with van der Waals surface area (Å²) >= 11 is 1.68. The van der Waals surface area contributed by atoms with Crippen LogP contribution in [-0.2, 0) is 10.8 Å². The first kappa shape index (κ1) is 27.8. The normalized spacial score (nSPS) is 12.1. The molecule has 6 heteroatoms. The number of pyridine rings is 1. The number of benzene rings is 2. The smallest absolute Gasteiger partial charge is 0.243 e. The minimum atomic E-state index is -0.0923. The van der Waals surface area contributed by atoms with Crippen LogP contribution in [-0.4, -0.2) is 35.0 Å². The van der Waals surface area contributed by atoms with Gasteiger partial charge in [-0.05, 0) is 55.7 Å². The Kier molecular flexibility index (Phi) is 8.54. The Morgan fingerprint density at radius 1 is 0.921 bits per heavy atom. The van der Waals surface area contributed by atoms with Gasteiger partial charge in [0.2, 0.25) is 5.88 Å². The molecule has 200 valence electrons. The van der Waals surface area contributed by atoms with Gasteiger partial charge in [-0.2, -0.15) is 0 Å². The zero-order chi connectivity index (χ0) is 27.3. The molecule has 4 aromatic rings. The molecule has 2 heterocycles. The Hall–Kier alpha value is -3.22. The zero-order valence-corrected chi connectivity index (χ0v) is 24.5. The quantitative estimate of drug-likeness (QED) is 0.223. The maximum atomic E-state index is 6.40. The maximum Gasteiger partial charge on any atom is 0.243 e. The van der Waals surface area contributed by atoms with E-state index in [4.69, 9.17) is 9.72 Å². The maximum absolute atomic E-state index is 6.40. The third-order valence-electron chi connectivity index (χ3n) is 6.88. The lowest BCUT2D eigenvalue weighted by Crippen LogP contribution is -2.27. The van der Waals surface area contributed by atoms with Crippen LogP contribution in [0, 0.1) is 0 Å². The first-order chi connectivity index (χ1) is 18.1. The number of hydrogen-bond donors (Lipinski definition) is 1. The van der Waals surface area contributed by atoms with Crippen LogP contribution in [0.25, 0.3) is 10.4 Å². The Balaban J connectivity index is 1.68. The molecule has 0 aliphatic carbocycles. The van der Waals surface area contributed by atoms with E-state index in [0.717, 1.165) is 47.3 Å². The van der Waals surface area contributed by atoms with Gasteiger partial charge in [0.05, 0.1) is 10.6 Å².